The molecule has 0 saturated heterocycles. The van der Waals surface area contributed by atoms with Crippen LogP contribution in [0.2, 0.25) is 0 Å². The van der Waals surface area contributed by atoms with Crippen molar-refractivity contribution in [2.24, 2.45) is 0 Å². The van der Waals surface area contributed by atoms with Crippen molar-refractivity contribution < 1.29 is 30.8 Å². The van der Waals surface area contributed by atoms with Crippen LogP contribution in [-0.4, -0.2) is 25.6 Å². The predicted molar refractivity (Wildman–Crippen MR) is 121 cm³/mol. The summed E-state index contributed by atoms with van der Waals surface area (Å²) >= 11 is 0. The van der Waals surface area contributed by atoms with Crippen molar-refractivity contribution in [3.8, 4) is 22.4 Å². The van der Waals surface area contributed by atoms with Crippen molar-refractivity contribution in [1.82, 2.24) is 10.3 Å². The van der Waals surface area contributed by atoms with Crippen LogP contribution in [0.25, 0.3) is 22.4 Å². The van der Waals surface area contributed by atoms with E-state index in [0.29, 0.717) is 5.56 Å². The highest BCUT2D eigenvalue weighted by atomic mass is 32.2. The van der Waals surface area contributed by atoms with Gasteiger partial charge in [0.05, 0.1) is 17.6 Å². The summed E-state index contributed by atoms with van der Waals surface area (Å²) in [7, 11) is -3.78. The molecule has 0 unspecified atom stereocenters. The molecule has 0 atom stereocenters. The summed E-state index contributed by atoms with van der Waals surface area (Å²) in [4.78, 5) is 15.7. The third kappa shape index (κ3) is 6.10. The fourth-order valence-corrected chi connectivity index (χ4v) is 3.83. The van der Waals surface area contributed by atoms with Gasteiger partial charge in [-0.15, -0.1) is 0 Å². The number of nitrogens with one attached hydrogen (secondary N) is 2. The number of anilines is 1. The van der Waals surface area contributed by atoms with Crippen LogP contribution in [-0.2, 0) is 27.5 Å². The second-order valence-corrected chi connectivity index (χ2v) is 9.19. The number of benzene rings is 2. The van der Waals surface area contributed by atoms with Gasteiger partial charge in [-0.3, -0.25) is 9.52 Å². The first-order chi connectivity index (χ1) is 15.9. The molecule has 1 aromatic heterocycles. The molecule has 0 aliphatic rings. The Morgan fingerprint density at radius 1 is 1.03 bits per heavy atom. The van der Waals surface area contributed by atoms with E-state index >= 15 is 0 Å². The molecule has 3 aromatic rings. The van der Waals surface area contributed by atoms with E-state index in [-0.39, 0.29) is 46.9 Å². The fourth-order valence-electron chi connectivity index (χ4n) is 3.27. The lowest BCUT2D eigenvalue weighted by molar-refractivity contribution is -0.141. The zero-order chi connectivity index (χ0) is 25.1. The first kappa shape index (κ1) is 25.2. The zero-order valence-corrected chi connectivity index (χ0v) is 19.0. The summed E-state index contributed by atoms with van der Waals surface area (Å²) in [5, 5.41) is 2.64. The van der Waals surface area contributed by atoms with Crippen LogP contribution in [0.4, 0.5) is 23.2 Å². The molecule has 11 heteroatoms. The minimum Gasteiger partial charge on any atom is -0.352 e. The van der Waals surface area contributed by atoms with Gasteiger partial charge in [0.15, 0.2) is 0 Å². The van der Waals surface area contributed by atoms with Gasteiger partial charge in [0.25, 0.3) is 0 Å². The van der Waals surface area contributed by atoms with E-state index in [1.807, 2.05) is 4.72 Å². The van der Waals surface area contributed by atoms with Crippen molar-refractivity contribution in [1.29, 1.82) is 0 Å². The molecule has 0 saturated carbocycles. The number of carbonyl (C=O) groups excluding carboxylic acids is 1. The standard InChI is InChI=1S/C23H21F4N3O3S/c1-3-21(31)28-13-17-16(14-7-5-4-6-8-14)12-20(23(25,26)27)29-22(17)15-9-10-19(18(24)11-15)30-34(2,32)33/h4-12,30H,3,13H2,1-2H3,(H,28,31). The number of aromatic nitrogens is 1. The molecule has 180 valence electrons. The third-order valence-electron chi connectivity index (χ3n) is 4.82. The summed E-state index contributed by atoms with van der Waals surface area (Å²) in [5.74, 6) is -1.32. The molecule has 2 N–H and O–H groups in total. The summed E-state index contributed by atoms with van der Waals surface area (Å²) in [6.07, 6.45) is -3.79. The Labute approximate surface area is 194 Å². The number of amides is 1. The van der Waals surface area contributed by atoms with Gasteiger partial charge in [0, 0.05) is 24.1 Å². The molecule has 0 fully saturated rings. The maximum Gasteiger partial charge on any atom is 0.433 e. The number of carbonyl (C=O) groups is 1. The number of rotatable bonds is 7. The lowest BCUT2D eigenvalue weighted by Gasteiger charge is -2.19. The Kier molecular flexibility index (Phi) is 7.25. The molecule has 2 aromatic carbocycles. The molecule has 3 rings (SSSR count). The van der Waals surface area contributed by atoms with Gasteiger partial charge in [-0.25, -0.2) is 17.8 Å². The number of sulfonamides is 1. The van der Waals surface area contributed by atoms with Crippen molar-refractivity contribution in [2.45, 2.75) is 26.1 Å². The zero-order valence-electron chi connectivity index (χ0n) is 18.2. The van der Waals surface area contributed by atoms with E-state index in [1.165, 1.54) is 6.07 Å². The second kappa shape index (κ2) is 9.80. The highest BCUT2D eigenvalue weighted by Gasteiger charge is 2.34. The molecule has 0 aliphatic heterocycles. The average Bonchev–Trinajstić information content (AvgIpc) is 2.77. The monoisotopic (exact) mass is 495 g/mol. The second-order valence-electron chi connectivity index (χ2n) is 7.45. The van der Waals surface area contributed by atoms with E-state index in [9.17, 15) is 30.8 Å². The lowest BCUT2D eigenvalue weighted by Crippen LogP contribution is -2.23. The first-order valence-corrected chi connectivity index (χ1v) is 12.0. The normalized spacial score (nSPS) is 11.8. The maximum absolute atomic E-state index is 14.7. The Hall–Kier alpha value is -3.47. The SMILES string of the molecule is CCC(=O)NCc1c(-c2ccccc2)cc(C(F)(F)F)nc1-c1ccc(NS(C)(=O)=O)c(F)c1. The number of pyridine rings is 1. The van der Waals surface area contributed by atoms with Crippen molar-refractivity contribution in [2.75, 3.05) is 11.0 Å². The lowest BCUT2D eigenvalue weighted by atomic mass is 9.94. The van der Waals surface area contributed by atoms with E-state index in [0.717, 1.165) is 24.5 Å². The molecule has 6 nitrogen and oxygen atoms in total. The van der Waals surface area contributed by atoms with Crippen molar-refractivity contribution >= 4 is 21.6 Å². The smallest absolute Gasteiger partial charge is 0.352 e. The van der Waals surface area contributed by atoms with Crippen LogP contribution in [0.15, 0.2) is 54.6 Å². The van der Waals surface area contributed by atoms with Crippen LogP contribution in [0, 0.1) is 5.82 Å². The van der Waals surface area contributed by atoms with E-state index in [4.69, 9.17) is 0 Å². The molecule has 1 heterocycles. The minimum absolute atomic E-state index is 0.0134. The number of hydrogen-bond acceptors (Lipinski definition) is 4. The van der Waals surface area contributed by atoms with Crippen LogP contribution in [0.5, 0.6) is 0 Å². The van der Waals surface area contributed by atoms with Gasteiger partial charge < -0.3 is 5.32 Å². The minimum atomic E-state index is -4.79. The van der Waals surface area contributed by atoms with Gasteiger partial charge in [-0.05, 0) is 29.3 Å². The first-order valence-electron chi connectivity index (χ1n) is 10.1. The van der Waals surface area contributed by atoms with Gasteiger partial charge in [-0.2, -0.15) is 13.2 Å². The molecule has 0 bridgehead atoms. The van der Waals surface area contributed by atoms with Gasteiger partial charge in [-0.1, -0.05) is 43.3 Å². The summed E-state index contributed by atoms with van der Waals surface area (Å²) in [6.45, 7) is 1.48. The van der Waals surface area contributed by atoms with Gasteiger partial charge in [0.1, 0.15) is 11.5 Å². The van der Waals surface area contributed by atoms with Crippen LogP contribution in [0.3, 0.4) is 0 Å². The van der Waals surface area contributed by atoms with Crippen molar-refractivity contribution in [3.05, 3.63) is 71.7 Å². The Balaban J connectivity index is 2.27. The fraction of sp³-hybridized carbons (Fsp3) is 0.217. The van der Waals surface area contributed by atoms with Crippen LogP contribution >= 0.6 is 0 Å². The predicted octanol–water partition coefficient (Wildman–Crippen LogP) is 4.97. The topological polar surface area (TPSA) is 88.2 Å². The largest absolute Gasteiger partial charge is 0.433 e. The van der Waals surface area contributed by atoms with E-state index in [2.05, 4.69) is 10.3 Å². The number of hydrogen-bond donors (Lipinski definition) is 2. The molecular weight excluding hydrogens is 474 g/mol. The number of halogens is 4. The summed E-state index contributed by atoms with van der Waals surface area (Å²) in [6, 6.07) is 12.4. The van der Waals surface area contributed by atoms with Crippen LogP contribution < -0.4 is 10.0 Å². The number of alkyl halides is 3. The molecule has 34 heavy (non-hydrogen) atoms. The summed E-state index contributed by atoms with van der Waals surface area (Å²) in [5.41, 5.74) is -0.867. The molecular formula is C23H21F4N3O3S. The van der Waals surface area contributed by atoms with Crippen LogP contribution in [0.1, 0.15) is 24.6 Å². The van der Waals surface area contributed by atoms with Crippen molar-refractivity contribution in [3.63, 3.8) is 0 Å². The van der Waals surface area contributed by atoms with E-state index in [1.54, 1.807) is 37.3 Å². The van der Waals surface area contributed by atoms with E-state index < -0.39 is 27.7 Å². The average molecular weight is 495 g/mol. The molecule has 0 radical (unpaired) electrons. The summed E-state index contributed by atoms with van der Waals surface area (Å²) < 4.78 is 80.7. The maximum atomic E-state index is 14.7. The quantitative estimate of drug-likeness (QED) is 0.453. The third-order valence-corrected chi connectivity index (χ3v) is 5.41. The van der Waals surface area contributed by atoms with Gasteiger partial charge >= 0.3 is 6.18 Å². The highest BCUT2D eigenvalue weighted by Crippen LogP contribution is 2.38. The number of nitrogens with zero attached hydrogens (tertiary/aromatic N) is 1. The molecule has 0 aliphatic carbocycles. The Morgan fingerprint density at radius 2 is 1.71 bits per heavy atom. The molecule has 1 amide bonds. The molecule has 0 spiro atoms. The van der Waals surface area contributed by atoms with Gasteiger partial charge in [0.2, 0.25) is 15.9 Å². The highest BCUT2D eigenvalue weighted by molar-refractivity contribution is 7.92. The Bertz CT molecular complexity index is 1310. The Morgan fingerprint density at radius 3 is 2.26 bits per heavy atom.